The topological polar surface area (TPSA) is 29.5 Å². The fourth-order valence-corrected chi connectivity index (χ4v) is 0.620. The Kier molecular flexibility index (Phi) is 3.67. The van der Waals surface area contributed by atoms with Crippen LogP contribution in [0, 0.1) is 0 Å². The van der Waals surface area contributed by atoms with Gasteiger partial charge in [0, 0.05) is 5.54 Å². The average Bonchev–Trinajstić information content (AvgIpc) is 1.79. The van der Waals surface area contributed by atoms with Crippen molar-refractivity contribution in [3.05, 3.63) is 0 Å². The summed E-state index contributed by atoms with van der Waals surface area (Å²) in [7, 11) is 0. The average molecular weight is 205 g/mol. The zero-order chi connectivity index (χ0) is 10.9. The summed E-state index contributed by atoms with van der Waals surface area (Å²) in [6, 6.07) is 0. The van der Waals surface area contributed by atoms with Gasteiger partial charge in [-0.3, -0.25) is 0 Å². The number of hydrogen-bond acceptors (Lipinski definition) is 3. The molecular weight excluding hydrogens is 186 g/mol. The summed E-state index contributed by atoms with van der Waals surface area (Å²) in [6.07, 6.45) is -0.414. The quantitative estimate of drug-likeness (QED) is 0.616. The van der Waals surface area contributed by atoms with Gasteiger partial charge in [-0.2, -0.15) is 0 Å². The van der Waals surface area contributed by atoms with Crippen molar-refractivity contribution in [2.45, 2.75) is 52.7 Å². The van der Waals surface area contributed by atoms with E-state index in [-0.39, 0.29) is 5.54 Å². The SMILES string of the molecule is CC(C)(C)OC(=O)N(S)C(C)(C)C. The molecule has 0 atom stereocenters. The molecule has 13 heavy (non-hydrogen) atoms. The molecule has 0 aliphatic heterocycles. The van der Waals surface area contributed by atoms with E-state index in [0.29, 0.717) is 0 Å². The molecule has 0 bridgehead atoms. The first-order valence-electron chi connectivity index (χ1n) is 4.26. The van der Waals surface area contributed by atoms with Gasteiger partial charge in [-0.1, -0.05) is 12.8 Å². The van der Waals surface area contributed by atoms with Gasteiger partial charge >= 0.3 is 6.09 Å². The molecule has 0 unspecified atom stereocenters. The summed E-state index contributed by atoms with van der Waals surface area (Å²) in [5.41, 5.74) is -0.797. The number of carbonyl (C=O) groups excluding carboxylic acids is 1. The molecule has 0 aromatic carbocycles. The Hall–Kier alpha value is -0.380. The second-order valence-corrected chi connectivity index (χ2v) is 5.36. The predicted octanol–water partition coefficient (Wildman–Crippen LogP) is 2.87. The van der Waals surface area contributed by atoms with E-state index < -0.39 is 11.7 Å². The highest BCUT2D eigenvalue weighted by Gasteiger charge is 2.28. The first-order chi connectivity index (χ1) is 5.54. The Morgan fingerprint density at radius 3 is 1.77 bits per heavy atom. The molecule has 3 nitrogen and oxygen atoms in total. The monoisotopic (exact) mass is 205 g/mol. The molecule has 0 aromatic rings. The highest BCUT2D eigenvalue weighted by molar-refractivity contribution is 7.78. The second-order valence-electron chi connectivity index (χ2n) is 4.96. The van der Waals surface area contributed by atoms with Crippen LogP contribution in [0.1, 0.15) is 41.5 Å². The third-order valence-corrected chi connectivity index (χ3v) is 1.97. The molecule has 78 valence electrons. The number of rotatable bonds is 0. The maximum Gasteiger partial charge on any atom is 0.420 e. The smallest absolute Gasteiger partial charge is 0.420 e. The third kappa shape index (κ3) is 5.03. The molecule has 1 amide bonds. The minimum atomic E-state index is -0.469. The van der Waals surface area contributed by atoms with E-state index in [1.54, 1.807) is 0 Å². The summed E-state index contributed by atoms with van der Waals surface area (Å²) in [4.78, 5) is 11.4. The van der Waals surface area contributed by atoms with Crippen molar-refractivity contribution in [3.8, 4) is 0 Å². The number of thiol groups is 1. The molecule has 0 N–H and O–H groups in total. The number of carbonyl (C=O) groups is 1. The Labute approximate surface area is 86.0 Å². The molecule has 0 aliphatic carbocycles. The van der Waals surface area contributed by atoms with Crippen molar-refractivity contribution in [3.63, 3.8) is 0 Å². The first kappa shape index (κ1) is 12.6. The Morgan fingerprint density at radius 1 is 1.15 bits per heavy atom. The van der Waals surface area contributed by atoms with Crippen molar-refractivity contribution in [2.24, 2.45) is 0 Å². The van der Waals surface area contributed by atoms with E-state index in [0.717, 1.165) is 0 Å². The van der Waals surface area contributed by atoms with E-state index in [1.807, 2.05) is 41.5 Å². The van der Waals surface area contributed by atoms with Crippen molar-refractivity contribution in [2.75, 3.05) is 0 Å². The maximum atomic E-state index is 11.4. The largest absolute Gasteiger partial charge is 0.443 e. The minimum Gasteiger partial charge on any atom is -0.443 e. The van der Waals surface area contributed by atoms with Crippen LogP contribution >= 0.6 is 12.8 Å². The molecule has 0 rings (SSSR count). The molecule has 0 heterocycles. The van der Waals surface area contributed by atoms with Crippen molar-refractivity contribution in [1.29, 1.82) is 0 Å². The van der Waals surface area contributed by atoms with Gasteiger partial charge in [0.1, 0.15) is 5.60 Å². The van der Waals surface area contributed by atoms with Crippen molar-refractivity contribution in [1.82, 2.24) is 4.31 Å². The summed E-state index contributed by atoms with van der Waals surface area (Å²) < 4.78 is 6.43. The molecule has 0 fully saturated rings. The molecule has 0 aliphatic rings. The van der Waals surface area contributed by atoms with E-state index in [2.05, 4.69) is 12.8 Å². The Balaban J connectivity index is 4.30. The molecule has 0 spiro atoms. The van der Waals surface area contributed by atoms with Crippen LogP contribution in [-0.2, 0) is 4.74 Å². The van der Waals surface area contributed by atoms with E-state index >= 15 is 0 Å². The van der Waals surface area contributed by atoms with Crippen LogP contribution in [-0.4, -0.2) is 21.5 Å². The summed E-state index contributed by atoms with van der Waals surface area (Å²) in [5.74, 6) is 0. The van der Waals surface area contributed by atoms with Gasteiger partial charge in [0.05, 0.1) is 0 Å². The Morgan fingerprint density at radius 2 is 1.54 bits per heavy atom. The van der Waals surface area contributed by atoms with Crippen molar-refractivity contribution >= 4 is 18.9 Å². The van der Waals surface area contributed by atoms with Gasteiger partial charge in [0.2, 0.25) is 0 Å². The van der Waals surface area contributed by atoms with Crippen LogP contribution in [0.15, 0.2) is 0 Å². The summed E-state index contributed by atoms with van der Waals surface area (Å²) >= 11 is 4.08. The lowest BCUT2D eigenvalue weighted by Gasteiger charge is -2.32. The van der Waals surface area contributed by atoms with Gasteiger partial charge in [0.25, 0.3) is 0 Å². The third-order valence-electron chi connectivity index (χ3n) is 1.20. The fourth-order valence-electron chi connectivity index (χ4n) is 0.579. The number of ether oxygens (including phenoxy) is 1. The zero-order valence-corrected chi connectivity index (χ0v) is 10.1. The minimum absolute atomic E-state index is 0.328. The van der Waals surface area contributed by atoms with E-state index in [1.165, 1.54) is 4.31 Å². The zero-order valence-electron chi connectivity index (χ0n) is 9.21. The van der Waals surface area contributed by atoms with E-state index in [4.69, 9.17) is 4.74 Å². The standard InChI is InChI=1S/C9H19NO2S/c1-8(2,3)10(13)7(11)12-9(4,5)6/h13H,1-6H3. The van der Waals surface area contributed by atoms with Crippen LogP contribution in [0.4, 0.5) is 4.79 Å². The number of hydrogen-bond donors (Lipinski definition) is 1. The fraction of sp³-hybridized carbons (Fsp3) is 0.889. The second kappa shape index (κ2) is 3.78. The van der Waals surface area contributed by atoms with Gasteiger partial charge in [-0.05, 0) is 41.5 Å². The lowest BCUT2D eigenvalue weighted by molar-refractivity contribution is 0.0308. The lowest BCUT2D eigenvalue weighted by Crippen LogP contribution is -2.41. The van der Waals surface area contributed by atoms with Crippen LogP contribution in [0.2, 0.25) is 0 Å². The predicted molar refractivity (Wildman–Crippen MR) is 56.8 cm³/mol. The van der Waals surface area contributed by atoms with Crippen LogP contribution in [0.25, 0.3) is 0 Å². The van der Waals surface area contributed by atoms with E-state index in [9.17, 15) is 4.79 Å². The van der Waals surface area contributed by atoms with Crippen LogP contribution in [0.3, 0.4) is 0 Å². The molecular formula is C9H19NO2S. The number of nitrogens with zero attached hydrogens (tertiary/aromatic N) is 1. The number of amides is 1. The first-order valence-corrected chi connectivity index (χ1v) is 4.66. The van der Waals surface area contributed by atoms with Gasteiger partial charge in [-0.15, -0.1) is 0 Å². The molecule has 4 heteroatoms. The maximum absolute atomic E-state index is 11.4. The van der Waals surface area contributed by atoms with Crippen LogP contribution in [0.5, 0.6) is 0 Å². The lowest BCUT2D eigenvalue weighted by atomic mass is 10.1. The highest BCUT2D eigenvalue weighted by atomic mass is 32.1. The normalized spacial score (nSPS) is 12.5. The summed E-state index contributed by atoms with van der Waals surface area (Å²) in [6.45, 7) is 11.2. The molecule has 0 aromatic heterocycles. The van der Waals surface area contributed by atoms with Gasteiger partial charge < -0.3 is 4.74 Å². The van der Waals surface area contributed by atoms with Crippen molar-refractivity contribution < 1.29 is 9.53 Å². The highest BCUT2D eigenvalue weighted by Crippen LogP contribution is 2.19. The molecule has 0 saturated heterocycles. The molecule has 0 saturated carbocycles. The van der Waals surface area contributed by atoms with Gasteiger partial charge in [-0.25, -0.2) is 9.10 Å². The Bertz CT molecular complexity index is 191. The summed E-state index contributed by atoms with van der Waals surface area (Å²) in [5, 5.41) is 0. The molecule has 0 radical (unpaired) electrons. The van der Waals surface area contributed by atoms with Gasteiger partial charge in [0.15, 0.2) is 0 Å². The van der Waals surface area contributed by atoms with Crippen LogP contribution < -0.4 is 0 Å².